The molecular formula is C11H11IN2. The van der Waals surface area contributed by atoms with E-state index < -0.39 is 0 Å². The van der Waals surface area contributed by atoms with Gasteiger partial charge in [-0.15, -0.1) is 24.0 Å². The quantitative estimate of drug-likeness (QED) is 0.756. The van der Waals surface area contributed by atoms with Crippen molar-refractivity contribution in [2.75, 3.05) is 0 Å². The van der Waals surface area contributed by atoms with E-state index in [9.17, 15) is 0 Å². The molecule has 0 amide bonds. The van der Waals surface area contributed by atoms with Crippen LogP contribution in [0.2, 0.25) is 0 Å². The fraction of sp³-hybridized carbons (Fsp3) is 0.0909. The molecule has 0 fully saturated rings. The Morgan fingerprint density at radius 2 is 1.57 bits per heavy atom. The summed E-state index contributed by atoms with van der Waals surface area (Å²) < 4.78 is 0. The Bertz CT molecular complexity index is 401. The van der Waals surface area contributed by atoms with Crippen molar-refractivity contribution in [1.29, 1.82) is 0 Å². The smallest absolute Gasteiger partial charge is 0.0378 e. The Kier molecular flexibility index (Phi) is 4.00. The van der Waals surface area contributed by atoms with Crippen LogP contribution in [-0.4, -0.2) is 9.97 Å². The van der Waals surface area contributed by atoms with Crippen LogP contribution in [0.1, 0.15) is 5.69 Å². The number of rotatable bonds is 1. The largest absolute Gasteiger partial charge is 0.265 e. The average Bonchev–Trinajstić information content (AvgIpc) is 2.19. The molecule has 0 atom stereocenters. The molecule has 0 spiro atoms. The molecule has 0 bridgehead atoms. The van der Waals surface area contributed by atoms with Gasteiger partial charge in [-0.1, -0.05) is 0 Å². The maximum Gasteiger partial charge on any atom is 0.0378 e. The molecule has 0 unspecified atom stereocenters. The second kappa shape index (κ2) is 5.05. The molecule has 2 rings (SSSR count). The minimum Gasteiger partial charge on any atom is -0.265 e. The highest BCUT2D eigenvalue weighted by Crippen LogP contribution is 2.17. The molecule has 2 aromatic heterocycles. The van der Waals surface area contributed by atoms with Gasteiger partial charge < -0.3 is 0 Å². The normalized spacial score (nSPS) is 9.21. The summed E-state index contributed by atoms with van der Waals surface area (Å²) in [7, 11) is 0. The van der Waals surface area contributed by atoms with Gasteiger partial charge in [0, 0.05) is 24.3 Å². The highest BCUT2D eigenvalue weighted by Gasteiger charge is 1.95. The fourth-order valence-electron chi connectivity index (χ4n) is 1.27. The molecule has 2 aromatic rings. The molecule has 0 aliphatic heterocycles. The Labute approximate surface area is 100 Å². The number of nitrogens with zero attached hydrogens (tertiary/aromatic N) is 2. The summed E-state index contributed by atoms with van der Waals surface area (Å²) in [6, 6.07) is 8.06. The van der Waals surface area contributed by atoms with Crippen LogP contribution in [0.25, 0.3) is 11.1 Å². The molecule has 0 aromatic carbocycles. The maximum atomic E-state index is 4.15. The van der Waals surface area contributed by atoms with Crippen molar-refractivity contribution in [3.63, 3.8) is 0 Å². The van der Waals surface area contributed by atoms with Crippen molar-refractivity contribution >= 4 is 24.0 Å². The predicted octanol–water partition coefficient (Wildman–Crippen LogP) is 3.07. The first-order chi connectivity index (χ1) is 6.36. The van der Waals surface area contributed by atoms with Crippen molar-refractivity contribution in [1.82, 2.24) is 9.97 Å². The number of halogens is 1. The van der Waals surface area contributed by atoms with Crippen molar-refractivity contribution in [3.8, 4) is 11.1 Å². The number of hydrogen-bond acceptors (Lipinski definition) is 2. The number of hydrogen-bond donors (Lipinski definition) is 0. The van der Waals surface area contributed by atoms with Gasteiger partial charge in [-0.2, -0.15) is 0 Å². The molecule has 0 N–H and O–H groups in total. The molecule has 0 radical (unpaired) electrons. The predicted molar refractivity (Wildman–Crippen MR) is 67.6 cm³/mol. The summed E-state index contributed by atoms with van der Waals surface area (Å²) in [5, 5.41) is 0. The first-order valence-electron chi connectivity index (χ1n) is 4.19. The monoisotopic (exact) mass is 298 g/mol. The van der Waals surface area contributed by atoms with Gasteiger partial charge in [0.05, 0.1) is 0 Å². The van der Waals surface area contributed by atoms with E-state index in [0.29, 0.717) is 0 Å². The second-order valence-electron chi connectivity index (χ2n) is 2.92. The molecular weight excluding hydrogens is 287 g/mol. The van der Waals surface area contributed by atoms with Crippen LogP contribution in [-0.2, 0) is 0 Å². The van der Waals surface area contributed by atoms with E-state index in [1.54, 1.807) is 12.4 Å². The van der Waals surface area contributed by atoms with Crippen LogP contribution >= 0.6 is 24.0 Å². The summed E-state index contributed by atoms with van der Waals surface area (Å²) in [5.41, 5.74) is 3.41. The van der Waals surface area contributed by atoms with Gasteiger partial charge in [0.2, 0.25) is 0 Å². The summed E-state index contributed by atoms with van der Waals surface area (Å²) in [4.78, 5) is 8.13. The van der Waals surface area contributed by atoms with Crippen LogP contribution in [0.3, 0.4) is 0 Å². The van der Waals surface area contributed by atoms with E-state index >= 15 is 0 Å². The van der Waals surface area contributed by atoms with Crippen molar-refractivity contribution in [2.24, 2.45) is 0 Å². The Balaban J connectivity index is 0.000000980. The highest BCUT2D eigenvalue weighted by atomic mass is 127. The standard InChI is InChI=1S/C11H10N2.HI/c1-9-8-11(4-7-13-9)10-2-5-12-6-3-10;/h2-8H,1H3;1H. The SMILES string of the molecule is Cc1cc(-c2ccncc2)ccn1.I. The molecule has 0 saturated heterocycles. The van der Waals surface area contributed by atoms with Gasteiger partial charge in [-0.25, -0.2) is 0 Å². The zero-order valence-corrected chi connectivity index (χ0v) is 10.2. The first kappa shape index (κ1) is 11.1. The van der Waals surface area contributed by atoms with E-state index in [0.717, 1.165) is 5.69 Å². The number of pyridine rings is 2. The van der Waals surface area contributed by atoms with Crippen LogP contribution in [0.4, 0.5) is 0 Å². The number of aromatic nitrogens is 2. The van der Waals surface area contributed by atoms with Crippen LogP contribution < -0.4 is 0 Å². The van der Waals surface area contributed by atoms with Crippen LogP contribution in [0, 0.1) is 6.92 Å². The summed E-state index contributed by atoms with van der Waals surface area (Å²) in [5.74, 6) is 0. The molecule has 72 valence electrons. The van der Waals surface area contributed by atoms with E-state index in [1.165, 1.54) is 11.1 Å². The van der Waals surface area contributed by atoms with Crippen LogP contribution in [0.5, 0.6) is 0 Å². The van der Waals surface area contributed by atoms with Crippen molar-refractivity contribution < 1.29 is 0 Å². The van der Waals surface area contributed by atoms with Gasteiger partial charge in [-0.05, 0) is 42.3 Å². The Morgan fingerprint density at radius 1 is 0.929 bits per heavy atom. The molecule has 14 heavy (non-hydrogen) atoms. The maximum absolute atomic E-state index is 4.15. The molecule has 2 nitrogen and oxygen atoms in total. The molecule has 3 heteroatoms. The Hall–Kier alpha value is -0.970. The number of aryl methyl sites for hydroxylation is 1. The lowest BCUT2D eigenvalue weighted by Crippen LogP contribution is -1.82. The zero-order valence-electron chi connectivity index (χ0n) is 7.84. The lowest BCUT2D eigenvalue weighted by Gasteiger charge is -2.00. The van der Waals surface area contributed by atoms with Gasteiger partial charge in [0.1, 0.15) is 0 Å². The molecule has 2 heterocycles. The van der Waals surface area contributed by atoms with Gasteiger partial charge in [0.25, 0.3) is 0 Å². The Morgan fingerprint density at radius 3 is 2.21 bits per heavy atom. The first-order valence-corrected chi connectivity index (χ1v) is 4.19. The van der Waals surface area contributed by atoms with Crippen molar-refractivity contribution in [2.45, 2.75) is 6.92 Å². The van der Waals surface area contributed by atoms with E-state index in [4.69, 9.17) is 0 Å². The minimum absolute atomic E-state index is 0. The van der Waals surface area contributed by atoms with E-state index in [-0.39, 0.29) is 24.0 Å². The summed E-state index contributed by atoms with van der Waals surface area (Å²) >= 11 is 0. The third kappa shape index (κ3) is 2.51. The summed E-state index contributed by atoms with van der Waals surface area (Å²) in [6.45, 7) is 1.99. The summed E-state index contributed by atoms with van der Waals surface area (Å²) in [6.07, 6.45) is 5.42. The van der Waals surface area contributed by atoms with E-state index in [2.05, 4.69) is 16.0 Å². The van der Waals surface area contributed by atoms with Crippen molar-refractivity contribution in [3.05, 3.63) is 48.5 Å². The zero-order chi connectivity index (χ0) is 9.10. The molecule has 0 aliphatic carbocycles. The minimum atomic E-state index is 0. The van der Waals surface area contributed by atoms with Gasteiger partial charge in [-0.3, -0.25) is 9.97 Å². The van der Waals surface area contributed by atoms with E-state index in [1.807, 2.05) is 31.3 Å². The topological polar surface area (TPSA) is 25.8 Å². The highest BCUT2D eigenvalue weighted by molar-refractivity contribution is 14.0. The third-order valence-corrected chi connectivity index (χ3v) is 1.91. The lowest BCUT2D eigenvalue weighted by molar-refractivity contribution is 1.20. The van der Waals surface area contributed by atoms with Crippen LogP contribution in [0.15, 0.2) is 42.9 Å². The molecule has 0 saturated carbocycles. The van der Waals surface area contributed by atoms with Gasteiger partial charge in [0.15, 0.2) is 0 Å². The van der Waals surface area contributed by atoms with Gasteiger partial charge >= 0.3 is 0 Å². The second-order valence-corrected chi connectivity index (χ2v) is 2.92. The average molecular weight is 298 g/mol. The lowest BCUT2D eigenvalue weighted by atomic mass is 10.1. The fourth-order valence-corrected chi connectivity index (χ4v) is 1.27. The molecule has 0 aliphatic rings. The third-order valence-electron chi connectivity index (χ3n) is 1.91.